The molecule has 2 rings (SSSR count). The molecule has 0 fully saturated rings. The van der Waals surface area contributed by atoms with Crippen LogP contribution in [0.5, 0.6) is 0 Å². The molecular weight excluding hydrogens is 240 g/mol. The first-order chi connectivity index (χ1) is 9.00. The summed E-state index contributed by atoms with van der Waals surface area (Å²) in [5.41, 5.74) is 7.93. The molecule has 0 spiro atoms. The highest BCUT2D eigenvalue weighted by atomic mass is 16.2. The van der Waals surface area contributed by atoms with Gasteiger partial charge in [-0.25, -0.2) is 0 Å². The Hall–Kier alpha value is -2.30. The predicted octanol–water partition coefficient (Wildman–Crippen LogP) is 1.84. The van der Waals surface area contributed by atoms with Crippen LogP contribution in [0.2, 0.25) is 0 Å². The summed E-state index contributed by atoms with van der Waals surface area (Å²) in [6.07, 6.45) is 5.19. The number of hydrogen-bond acceptors (Lipinski definition) is 3. The molecular formula is C14H18N4O. The zero-order chi connectivity index (χ0) is 14.0. The maximum Gasteiger partial charge on any atom is 0.270 e. The first-order valence-electron chi connectivity index (χ1n) is 6.09. The quantitative estimate of drug-likeness (QED) is 0.913. The van der Waals surface area contributed by atoms with E-state index in [0.29, 0.717) is 11.4 Å². The number of rotatable bonds is 3. The molecule has 0 bridgehead atoms. The number of pyridine rings is 1. The second kappa shape index (κ2) is 5.14. The van der Waals surface area contributed by atoms with Gasteiger partial charge in [-0.3, -0.25) is 9.78 Å². The normalized spacial score (nSPS) is 12.2. The number of anilines is 1. The zero-order valence-corrected chi connectivity index (χ0v) is 11.4. The maximum absolute atomic E-state index is 12.4. The van der Waals surface area contributed by atoms with Crippen molar-refractivity contribution < 1.29 is 4.79 Å². The highest BCUT2D eigenvalue weighted by Crippen LogP contribution is 2.21. The minimum absolute atomic E-state index is 0.0216. The number of nitrogen functional groups attached to an aromatic ring is 1. The molecule has 0 aliphatic carbocycles. The summed E-state index contributed by atoms with van der Waals surface area (Å²) < 4.78 is 1.74. The molecule has 0 saturated carbocycles. The van der Waals surface area contributed by atoms with Crippen molar-refractivity contribution in [3.8, 4) is 0 Å². The molecule has 19 heavy (non-hydrogen) atoms. The number of carbonyl (C=O) groups is 1. The van der Waals surface area contributed by atoms with E-state index in [1.807, 2.05) is 26.1 Å². The molecule has 100 valence electrons. The number of hydrogen-bond donors (Lipinski definition) is 1. The highest BCUT2D eigenvalue weighted by molar-refractivity contribution is 5.93. The lowest BCUT2D eigenvalue weighted by Crippen LogP contribution is -2.30. The van der Waals surface area contributed by atoms with Crippen LogP contribution < -0.4 is 5.73 Å². The summed E-state index contributed by atoms with van der Waals surface area (Å²) in [4.78, 5) is 18.1. The van der Waals surface area contributed by atoms with Crippen molar-refractivity contribution in [2.45, 2.75) is 13.0 Å². The van der Waals surface area contributed by atoms with Gasteiger partial charge in [0.1, 0.15) is 5.69 Å². The van der Waals surface area contributed by atoms with Crippen molar-refractivity contribution >= 4 is 11.6 Å². The fourth-order valence-electron chi connectivity index (χ4n) is 2.02. The summed E-state index contributed by atoms with van der Waals surface area (Å²) in [7, 11) is 3.60. The van der Waals surface area contributed by atoms with Gasteiger partial charge in [-0.2, -0.15) is 0 Å². The number of nitrogens with two attached hydrogens (primary N) is 1. The van der Waals surface area contributed by atoms with Crippen molar-refractivity contribution in [2.24, 2.45) is 7.05 Å². The fraction of sp³-hybridized carbons (Fsp3) is 0.286. The lowest BCUT2D eigenvalue weighted by Gasteiger charge is -2.25. The van der Waals surface area contributed by atoms with Crippen LogP contribution in [-0.4, -0.2) is 27.4 Å². The fourth-order valence-corrected chi connectivity index (χ4v) is 2.02. The number of nitrogens with zero attached hydrogens (tertiary/aromatic N) is 3. The standard InChI is InChI=1S/C14H18N4O/c1-10(11-4-6-16-7-5-11)18(3)14(19)13-8-12(15)9-17(13)2/h4-10H,15H2,1-3H3. The van der Waals surface area contributed by atoms with Crippen LogP contribution >= 0.6 is 0 Å². The van der Waals surface area contributed by atoms with Gasteiger partial charge in [0.2, 0.25) is 0 Å². The monoisotopic (exact) mass is 258 g/mol. The third-order valence-corrected chi connectivity index (χ3v) is 3.34. The Morgan fingerprint density at radius 3 is 2.58 bits per heavy atom. The van der Waals surface area contributed by atoms with Gasteiger partial charge < -0.3 is 15.2 Å². The molecule has 2 heterocycles. The molecule has 0 aliphatic rings. The van der Waals surface area contributed by atoms with Gasteiger partial charge in [-0.1, -0.05) is 0 Å². The molecule has 2 N–H and O–H groups in total. The lowest BCUT2D eigenvalue weighted by molar-refractivity contribution is 0.0733. The first-order valence-corrected chi connectivity index (χ1v) is 6.09. The second-order valence-electron chi connectivity index (χ2n) is 4.64. The summed E-state index contributed by atoms with van der Waals surface area (Å²) in [5, 5.41) is 0. The topological polar surface area (TPSA) is 64.2 Å². The van der Waals surface area contributed by atoms with E-state index in [9.17, 15) is 4.79 Å². The van der Waals surface area contributed by atoms with Gasteiger partial charge in [-0.05, 0) is 30.7 Å². The number of amides is 1. The Kier molecular flexibility index (Phi) is 3.55. The zero-order valence-electron chi connectivity index (χ0n) is 11.4. The lowest BCUT2D eigenvalue weighted by atomic mass is 10.1. The van der Waals surface area contributed by atoms with E-state index in [-0.39, 0.29) is 11.9 Å². The van der Waals surface area contributed by atoms with Gasteiger partial charge in [-0.15, -0.1) is 0 Å². The van der Waals surface area contributed by atoms with E-state index in [1.165, 1.54) is 0 Å². The van der Waals surface area contributed by atoms with Crippen LogP contribution in [0.3, 0.4) is 0 Å². The average Bonchev–Trinajstić information content (AvgIpc) is 2.76. The molecule has 0 saturated heterocycles. The van der Waals surface area contributed by atoms with Crippen molar-refractivity contribution in [1.82, 2.24) is 14.5 Å². The number of carbonyl (C=O) groups excluding carboxylic acids is 1. The summed E-state index contributed by atoms with van der Waals surface area (Å²) in [6.45, 7) is 1.99. The van der Waals surface area contributed by atoms with E-state index in [4.69, 9.17) is 5.73 Å². The van der Waals surface area contributed by atoms with E-state index >= 15 is 0 Å². The Bertz CT molecular complexity index is 576. The summed E-state index contributed by atoms with van der Waals surface area (Å²) >= 11 is 0. The Labute approximate surface area is 112 Å². The third-order valence-electron chi connectivity index (χ3n) is 3.34. The maximum atomic E-state index is 12.4. The third kappa shape index (κ3) is 2.59. The van der Waals surface area contributed by atoms with Gasteiger partial charge in [0.05, 0.1) is 11.7 Å². The van der Waals surface area contributed by atoms with Gasteiger partial charge >= 0.3 is 0 Å². The average molecular weight is 258 g/mol. The predicted molar refractivity (Wildman–Crippen MR) is 74.6 cm³/mol. The second-order valence-corrected chi connectivity index (χ2v) is 4.64. The van der Waals surface area contributed by atoms with Crippen LogP contribution in [0, 0.1) is 0 Å². The molecule has 2 aromatic heterocycles. The molecule has 5 heteroatoms. The molecule has 0 aliphatic heterocycles. The van der Waals surface area contributed by atoms with Gasteiger partial charge in [0, 0.05) is 32.7 Å². The Morgan fingerprint density at radius 2 is 2.05 bits per heavy atom. The molecule has 1 unspecified atom stereocenters. The van der Waals surface area contributed by atoms with E-state index < -0.39 is 0 Å². The Morgan fingerprint density at radius 1 is 1.42 bits per heavy atom. The number of aromatic nitrogens is 2. The minimum atomic E-state index is -0.0523. The van der Waals surface area contributed by atoms with Crippen molar-refractivity contribution in [1.29, 1.82) is 0 Å². The van der Waals surface area contributed by atoms with Crippen LogP contribution in [0.25, 0.3) is 0 Å². The largest absolute Gasteiger partial charge is 0.397 e. The molecule has 0 radical (unpaired) electrons. The minimum Gasteiger partial charge on any atom is -0.397 e. The van der Waals surface area contributed by atoms with Crippen molar-refractivity contribution in [3.05, 3.63) is 48.0 Å². The highest BCUT2D eigenvalue weighted by Gasteiger charge is 2.21. The van der Waals surface area contributed by atoms with Gasteiger partial charge in [0.25, 0.3) is 5.91 Å². The molecule has 1 amide bonds. The van der Waals surface area contributed by atoms with E-state index in [0.717, 1.165) is 5.56 Å². The summed E-state index contributed by atoms with van der Waals surface area (Å²) in [5.74, 6) is -0.0523. The SMILES string of the molecule is CC(c1ccncc1)N(C)C(=O)c1cc(N)cn1C. The van der Waals surface area contributed by atoms with Crippen LogP contribution in [0.15, 0.2) is 36.8 Å². The summed E-state index contributed by atoms with van der Waals surface area (Å²) in [6, 6.07) is 5.49. The van der Waals surface area contributed by atoms with E-state index in [1.54, 1.807) is 41.2 Å². The van der Waals surface area contributed by atoms with Gasteiger partial charge in [0.15, 0.2) is 0 Å². The Balaban J connectivity index is 2.22. The first kappa shape index (κ1) is 13.1. The van der Waals surface area contributed by atoms with Crippen molar-refractivity contribution in [3.63, 3.8) is 0 Å². The molecule has 2 aromatic rings. The van der Waals surface area contributed by atoms with E-state index in [2.05, 4.69) is 4.98 Å². The van der Waals surface area contributed by atoms with Crippen LogP contribution in [0.4, 0.5) is 5.69 Å². The number of aryl methyl sites for hydroxylation is 1. The van der Waals surface area contributed by atoms with Crippen LogP contribution in [-0.2, 0) is 7.05 Å². The van der Waals surface area contributed by atoms with Crippen LogP contribution in [0.1, 0.15) is 29.0 Å². The molecule has 5 nitrogen and oxygen atoms in total. The smallest absolute Gasteiger partial charge is 0.270 e. The molecule has 0 aromatic carbocycles. The van der Waals surface area contributed by atoms with Crippen molar-refractivity contribution in [2.75, 3.05) is 12.8 Å². The molecule has 1 atom stereocenters.